The van der Waals surface area contributed by atoms with Crippen molar-refractivity contribution in [2.75, 3.05) is 4.72 Å². The van der Waals surface area contributed by atoms with Crippen molar-refractivity contribution in [1.29, 1.82) is 0 Å². The molecule has 0 aliphatic heterocycles. The zero-order valence-electron chi connectivity index (χ0n) is 9.37. The summed E-state index contributed by atoms with van der Waals surface area (Å²) in [7, 11) is -3.54. The molecule has 4 nitrogen and oxygen atoms in total. The maximum Gasteiger partial charge on any atom is 0.573 e. The van der Waals surface area contributed by atoms with E-state index in [1.54, 1.807) is 0 Å². The topological polar surface area (TPSA) is 55.4 Å². The fourth-order valence-corrected chi connectivity index (χ4v) is 3.27. The van der Waals surface area contributed by atoms with Crippen molar-refractivity contribution in [2.24, 2.45) is 0 Å². The highest BCUT2D eigenvalue weighted by molar-refractivity contribution is 9.10. The number of halogens is 4. The van der Waals surface area contributed by atoms with Crippen LogP contribution in [-0.2, 0) is 10.0 Å². The third-order valence-electron chi connectivity index (χ3n) is 2.39. The molecule has 1 saturated carbocycles. The largest absolute Gasteiger partial charge is 0.573 e. The Morgan fingerprint density at radius 3 is 2.47 bits per heavy atom. The SMILES string of the molecule is O=S(=O)(Nc1cc(OC(F)(F)F)ccc1Br)C1CC1. The molecule has 1 aromatic rings. The van der Waals surface area contributed by atoms with Gasteiger partial charge >= 0.3 is 6.36 Å². The molecule has 0 unspecified atom stereocenters. The number of sulfonamides is 1. The van der Waals surface area contributed by atoms with E-state index in [2.05, 4.69) is 25.4 Å². The molecule has 0 aromatic heterocycles. The maximum absolute atomic E-state index is 12.1. The third kappa shape index (κ3) is 4.00. The molecular formula is C10H9BrF3NO3S. The van der Waals surface area contributed by atoms with Crippen molar-refractivity contribution in [3.05, 3.63) is 22.7 Å². The van der Waals surface area contributed by atoms with E-state index in [0.29, 0.717) is 17.3 Å². The van der Waals surface area contributed by atoms with Gasteiger partial charge in [-0.05, 0) is 40.9 Å². The number of hydrogen-bond acceptors (Lipinski definition) is 3. The first-order valence-corrected chi connectivity index (χ1v) is 7.58. The first-order valence-electron chi connectivity index (χ1n) is 5.24. The number of hydrogen-bond donors (Lipinski definition) is 1. The number of anilines is 1. The Morgan fingerprint density at radius 1 is 1.32 bits per heavy atom. The van der Waals surface area contributed by atoms with Crippen LogP contribution in [0.2, 0.25) is 0 Å². The molecule has 0 saturated heterocycles. The molecule has 0 spiro atoms. The number of benzene rings is 1. The highest BCUT2D eigenvalue weighted by Crippen LogP contribution is 2.34. The van der Waals surface area contributed by atoms with Gasteiger partial charge in [-0.1, -0.05) is 0 Å². The predicted octanol–water partition coefficient (Wildman–Crippen LogP) is 3.25. The molecule has 1 N–H and O–H groups in total. The van der Waals surface area contributed by atoms with E-state index in [9.17, 15) is 21.6 Å². The minimum Gasteiger partial charge on any atom is -0.406 e. The predicted molar refractivity (Wildman–Crippen MR) is 66.4 cm³/mol. The fraction of sp³-hybridized carbons (Fsp3) is 0.400. The highest BCUT2D eigenvalue weighted by atomic mass is 79.9. The Bertz CT molecular complexity index is 584. The summed E-state index contributed by atoms with van der Waals surface area (Å²) < 4.78 is 66.0. The van der Waals surface area contributed by atoms with Crippen LogP contribution in [0.4, 0.5) is 18.9 Å². The summed E-state index contributed by atoms with van der Waals surface area (Å²) in [5, 5.41) is -0.466. The van der Waals surface area contributed by atoms with Crippen molar-refractivity contribution in [3.63, 3.8) is 0 Å². The molecule has 0 bridgehead atoms. The summed E-state index contributed by atoms with van der Waals surface area (Å²) in [5.41, 5.74) is 0.0219. The zero-order valence-corrected chi connectivity index (χ0v) is 11.8. The maximum atomic E-state index is 12.1. The number of rotatable bonds is 4. The van der Waals surface area contributed by atoms with E-state index >= 15 is 0 Å². The first-order chi connectivity index (χ1) is 8.67. The van der Waals surface area contributed by atoms with Crippen LogP contribution < -0.4 is 9.46 Å². The summed E-state index contributed by atoms with van der Waals surface area (Å²) in [5.74, 6) is -0.482. The second-order valence-electron chi connectivity index (χ2n) is 4.04. The molecule has 19 heavy (non-hydrogen) atoms. The van der Waals surface area contributed by atoms with Gasteiger partial charge in [0.05, 0.1) is 10.9 Å². The van der Waals surface area contributed by atoms with Gasteiger partial charge in [0.2, 0.25) is 10.0 Å². The minimum atomic E-state index is -4.82. The van der Waals surface area contributed by atoms with Crippen molar-refractivity contribution in [1.82, 2.24) is 0 Å². The second kappa shape index (κ2) is 4.86. The lowest BCUT2D eigenvalue weighted by Gasteiger charge is -2.13. The lowest BCUT2D eigenvalue weighted by atomic mass is 10.3. The molecule has 0 amide bonds. The van der Waals surface area contributed by atoms with E-state index in [1.807, 2.05) is 0 Å². The van der Waals surface area contributed by atoms with Gasteiger partial charge in [0.15, 0.2) is 0 Å². The van der Waals surface area contributed by atoms with Gasteiger partial charge in [0.1, 0.15) is 5.75 Å². The van der Waals surface area contributed by atoms with Crippen LogP contribution in [0.15, 0.2) is 22.7 Å². The van der Waals surface area contributed by atoms with Gasteiger partial charge in [0, 0.05) is 10.5 Å². The number of ether oxygens (including phenoxy) is 1. The van der Waals surface area contributed by atoms with E-state index in [0.717, 1.165) is 12.1 Å². The molecule has 9 heteroatoms. The summed E-state index contributed by atoms with van der Waals surface area (Å²) in [4.78, 5) is 0. The van der Waals surface area contributed by atoms with Gasteiger partial charge in [0.25, 0.3) is 0 Å². The lowest BCUT2D eigenvalue weighted by Crippen LogP contribution is -2.19. The standard InChI is InChI=1S/C10H9BrF3NO3S/c11-8-4-1-6(18-10(12,13)14)5-9(8)15-19(16,17)7-2-3-7/h1,4-5,7,15H,2-3H2. The number of nitrogens with one attached hydrogen (secondary N) is 1. The summed E-state index contributed by atoms with van der Waals surface area (Å²) >= 11 is 3.07. The molecule has 0 atom stereocenters. The van der Waals surface area contributed by atoms with E-state index in [1.165, 1.54) is 6.07 Å². The molecule has 2 rings (SSSR count). The Hall–Kier alpha value is -0.960. The highest BCUT2D eigenvalue weighted by Gasteiger charge is 2.36. The van der Waals surface area contributed by atoms with Gasteiger partial charge in [-0.2, -0.15) is 0 Å². The summed E-state index contributed by atoms with van der Waals surface area (Å²) in [6.07, 6.45) is -3.70. The first kappa shape index (κ1) is 14.4. The monoisotopic (exact) mass is 359 g/mol. The van der Waals surface area contributed by atoms with Gasteiger partial charge in [-0.25, -0.2) is 8.42 Å². The zero-order chi connectivity index (χ0) is 14.3. The smallest absolute Gasteiger partial charge is 0.406 e. The Morgan fingerprint density at radius 2 is 1.95 bits per heavy atom. The molecular weight excluding hydrogens is 351 g/mol. The normalized spacial score (nSPS) is 16.2. The quantitative estimate of drug-likeness (QED) is 0.897. The van der Waals surface area contributed by atoms with E-state index < -0.39 is 27.4 Å². The average molecular weight is 360 g/mol. The lowest BCUT2D eigenvalue weighted by molar-refractivity contribution is -0.274. The Balaban J connectivity index is 2.22. The third-order valence-corrected chi connectivity index (χ3v) is 4.93. The van der Waals surface area contributed by atoms with Crippen LogP contribution in [0.1, 0.15) is 12.8 Å². The van der Waals surface area contributed by atoms with Crippen molar-refractivity contribution < 1.29 is 26.3 Å². The van der Waals surface area contributed by atoms with Crippen LogP contribution in [0, 0.1) is 0 Å². The summed E-state index contributed by atoms with van der Waals surface area (Å²) in [6.45, 7) is 0. The Labute approximate surface area is 116 Å². The van der Waals surface area contributed by atoms with Crippen LogP contribution in [0.25, 0.3) is 0 Å². The molecule has 0 heterocycles. The fourth-order valence-electron chi connectivity index (χ4n) is 1.39. The molecule has 1 fully saturated rings. The van der Waals surface area contributed by atoms with Crippen LogP contribution >= 0.6 is 15.9 Å². The van der Waals surface area contributed by atoms with Gasteiger partial charge in [-0.15, -0.1) is 13.2 Å². The van der Waals surface area contributed by atoms with Crippen molar-refractivity contribution in [2.45, 2.75) is 24.5 Å². The van der Waals surface area contributed by atoms with E-state index in [-0.39, 0.29) is 5.69 Å². The van der Waals surface area contributed by atoms with Gasteiger partial charge in [-0.3, -0.25) is 4.72 Å². The number of alkyl halides is 3. The second-order valence-corrected chi connectivity index (χ2v) is 6.85. The Kier molecular flexibility index (Phi) is 3.69. The van der Waals surface area contributed by atoms with Gasteiger partial charge < -0.3 is 4.74 Å². The molecule has 1 aromatic carbocycles. The molecule has 1 aliphatic carbocycles. The molecule has 1 aliphatic rings. The summed E-state index contributed by atoms with van der Waals surface area (Å²) in [6, 6.07) is 3.36. The van der Waals surface area contributed by atoms with Crippen LogP contribution in [0.3, 0.4) is 0 Å². The average Bonchev–Trinajstić information content (AvgIpc) is 3.04. The van der Waals surface area contributed by atoms with Crippen molar-refractivity contribution >= 4 is 31.6 Å². The minimum absolute atomic E-state index is 0.0219. The van der Waals surface area contributed by atoms with Crippen molar-refractivity contribution in [3.8, 4) is 5.75 Å². The molecule has 106 valence electrons. The molecule has 0 radical (unpaired) electrons. The van der Waals surface area contributed by atoms with Crippen LogP contribution in [-0.4, -0.2) is 20.0 Å². The van der Waals surface area contributed by atoms with Crippen LogP contribution in [0.5, 0.6) is 5.75 Å². The van der Waals surface area contributed by atoms with E-state index in [4.69, 9.17) is 0 Å².